The van der Waals surface area contributed by atoms with E-state index in [9.17, 15) is 23.1 Å². The maximum Gasteiger partial charge on any atom is 0.315 e. The molecule has 240 valence electrons. The molecule has 1 heterocycles. The van der Waals surface area contributed by atoms with Crippen LogP contribution in [0.15, 0.2) is 77.7 Å². The van der Waals surface area contributed by atoms with Crippen LogP contribution >= 0.6 is 0 Å². The third-order valence-corrected chi connectivity index (χ3v) is 8.96. The van der Waals surface area contributed by atoms with Crippen LogP contribution in [0.25, 0.3) is 11.1 Å². The van der Waals surface area contributed by atoms with Crippen LogP contribution in [-0.2, 0) is 27.8 Å². The first-order valence-corrected chi connectivity index (χ1v) is 16.4. The maximum atomic E-state index is 13.9. The Hall–Kier alpha value is -4.26. The van der Waals surface area contributed by atoms with Crippen molar-refractivity contribution < 1.29 is 23.1 Å². The fourth-order valence-corrected chi connectivity index (χ4v) is 6.49. The number of amides is 3. The fraction of sp³-hybridized carbons (Fsp3) is 0.364. The smallest absolute Gasteiger partial charge is 0.315 e. The van der Waals surface area contributed by atoms with E-state index in [0.29, 0.717) is 48.2 Å². The van der Waals surface area contributed by atoms with Crippen LogP contribution < -0.4 is 21.1 Å². The van der Waals surface area contributed by atoms with Gasteiger partial charge in [0.15, 0.2) is 0 Å². The van der Waals surface area contributed by atoms with Crippen LogP contribution in [-0.4, -0.2) is 66.9 Å². The summed E-state index contributed by atoms with van der Waals surface area (Å²) in [5.74, 6) is -0.511. The average Bonchev–Trinajstić information content (AvgIpc) is 3.00. The van der Waals surface area contributed by atoms with Crippen molar-refractivity contribution in [3.8, 4) is 11.1 Å². The molecule has 45 heavy (non-hydrogen) atoms. The van der Waals surface area contributed by atoms with Crippen molar-refractivity contribution in [1.82, 2.24) is 20.3 Å². The molecule has 12 heteroatoms. The Bertz CT molecular complexity index is 1640. The number of benzene rings is 3. The second-order valence-electron chi connectivity index (χ2n) is 12.3. The van der Waals surface area contributed by atoms with E-state index < -0.39 is 16.1 Å². The van der Waals surface area contributed by atoms with E-state index >= 15 is 0 Å². The van der Waals surface area contributed by atoms with E-state index in [4.69, 9.17) is 11.1 Å². The highest BCUT2D eigenvalue weighted by atomic mass is 32.2. The van der Waals surface area contributed by atoms with Crippen molar-refractivity contribution >= 4 is 27.8 Å². The summed E-state index contributed by atoms with van der Waals surface area (Å²) in [7, 11) is -4.16. The Labute approximate surface area is 264 Å². The highest BCUT2D eigenvalue weighted by Crippen LogP contribution is 2.24. The zero-order valence-corrected chi connectivity index (χ0v) is 26.7. The summed E-state index contributed by atoms with van der Waals surface area (Å²) in [4.78, 5) is 27.9. The topological polar surface area (TPSA) is 178 Å². The van der Waals surface area contributed by atoms with Crippen LogP contribution in [0, 0.1) is 5.41 Å². The molecule has 7 N–H and O–H groups in total. The minimum absolute atomic E-state index is 0.00235. The number of hydrogen-bond acceptors (Lipinski definition) is 6. The molecule has 3 amide bonds. The maximum absolute atomic E-state index is 13.9. The first kappa shape index (κ1) is 33.6. The molecule has 3 aromatic carbocycles. The van der Waals surface area contributed by atoms with Crippen LogP contribution in [0.2, 0.25) is 0 Å². The number of sulfonamides is 1. The van der Waals surface area contributed by atoms with Gasteiger partial charge in [-0.05, 0) is 86.6 Å². The standard InChI is InChI=1S/C33H42N6O5S/c1-33(2,3)37-32(42)36-27-13-15-39(16-14-27)31(41)29(19-22-7-4-11-26(17-22)30(34)35)38-45(43,44)28-12-6-10-25(20-28)24-9-5-8-23(18-24)21-40/h4-12,17-18,20,27,29,38,40H,13-16,19,21H2,1-3H3,(H3,34,35)(H2,36,37,42)/t29-/m0/s1. The summed E-state index contributed by atoms with van der Waals surface area (Å²) in [6.07, 6.45) is 1.10. The zero-order valence-electron chi connectivity index (χ0n) is 25.8. The van der Waals surface area contributed by atoms with Crippen molar-refractivity contribution in [1.29, 1.82) is 5.41 Å². The minimum atomic E-state index is -4.16. The van der Waals surface area contributed by atoms with Gasteiger partial charge in [-0.1, -0.05) is 48.5 Å². The Morgan fingerprint density at radius 2 is 1.60 bits per heavy atom. The van der Waals surface area contributed by atoms with Gasteiger partial charge in [0.25, 0.3) is 0 Å². The molecule has 4 rings (SSSR count). The Morgan fingerprint density at radius 3 is 2.24 bits per heavy atom. The number of amidine groups is 1. The number of urea groups is 1. The van der Waals surface area contributed by atoms with Crippen LogP contribution in [0.3, 0.4) is 0 Å². The quantitative estimate of drug-likeness (QED) is 0.147. The number of nitrogens with two attached hydrogens (primary N) is 1. The highest BCUT2D eigenvalue weighted by molar-refractivity contribution is 7.89. The van der Waals surface area contributed by atoms with Gasteiger partial charge in [-0.2, -0.15) is 4.72 Å². The van der Waals surface area contributed by atoms with Crippen molar-refractivity contribution in [2.75, 3.05) is 13.1 Å². The van der Waals surface area contributed by atoms with Crippen molar-refractivity contribution in [2.24, 2.45) is 5.73 Å². The number of aliphatic hydroxyl groups excluding tert-OH is 1. The second kappa shape index (κ2) is 14.2. The van der Waals surface area contributed by atoms with Gasteiger partial charge in [0.1, 0.15) is 11.9 Å². The Balaban J connectivity index is 1.55. The molecule has 0 aromatic heterocycles. The number of aliphatic hydroxyl groups is 1. The number of rotatable bonds is 10. The van der Waals surface area contributed by atoms with Gasteiger partial charge in [-0.25, -0.2) is 13.2 Å². The molecule has 0 bridgehead atoms. The summed E-state index contributed by atoms with van der Waals surface area (Å²) in [5, 5.41) is 23.2. The zero-order chi connectivity index (χ0) is 32.8. The molecule has 3 aromatic rings. The van der Waals surface area contributed by atoms with Gasteiger partial charge in [0, 0.05) is 30.2 Å². The molecule has 1 atom stereocenters. The van der Waals surface area contributed by atoms with Crippen molar-refractivity contribution in [3.63, 3.8) is 0 Å². The lowest BCUT2D eigenvalue weighted by Gasteiger charge is -2.35. The largest absolute Gasteiger partial charge is 0.392 e. The summed E-state index contributed by atoms with van der Waals surface area (Å²) >= 11 is 0. The minimum Gasteiger partial charge on any atom is -0.392 e. The summed E-state index contributed by atoms with van der Waals surface area (Å²) in [6, 6.07) is 18.9. The number of nitrogens with one attached hydrogen (secondary N) is 4. The lowest BCUT2D eigenvalue weighted by molar-refractivity contribution is -0.134. The summed E-state index contributed by atoms with van der Waals surface area (Å²) in [6.45, 7) is 6.24. The molecule has 0 spiro atoms. The fourth-order valence-electron chi connectivity index (χ4n) is 5.25. The van der Waals surface area contributed by atoms with Gasteiger partial charge in [-0.15, -0.1) is 0 Å². The van der Waals surface area contributed by atoms with E-state index in [2.05, 4.69) is 15.4 Å². The number of piperidine rings is 1. The van der Waals surface area contributed by atoms with Gasteiger partial charge in [0.2, 0.25) is 15.9 Å². The predicted octanol–water partition coefficient (Wildman–Crippen LogP) is 3.11. The van der Waals surface area contributed by atoms with Crippen LogP contribution in [0.4, 0.5) is 4.79 Å². The molecule has 0 radical (unpaired) electrons. The molecular weight excluding hydrogens is 592 g/mol. The number of carbonyl (C=O) groups is 2. The molecule has 1 aliphatic heterocycles. The third-order valence-electron chi connectivity index (χ3n) is 7.49. The SMILES string of the molecule is CC(C)(C)NC(=O)NC1CCN(C(=O)[C@H](Cc2cccc(C(=N)N)c2)NS(=O)(=O)c2cccc(-c3cccc(CO)c3)c2)CC1. The van der Waals surface area contributed by atoms with E-state index in [1.165, 1.54) is 12.1 Å². The second-order valence-corrected chi connectivity index (χ2v) is 14.0. The van der Waals surface area contributed by atoms with Crippen molar-refractivity contribution in [2.45, 2.75) is 69.2 Å². The average molecular weight is 635 g/mol. The van der Waals surface area contributed by atoms with E-state index in [1.807, 2.05) is 26.8 Å². The molecule has 11 nitrogen and oxygen atoms in total. The number of nitrogens with zero attached hydrogens (tertiary/aromatic N) is 1. The molecule has 0 unspecified atom stereocenters. The molecule has 1 saturated heterocycles. The van der Waals surface area contributed by atoms with Gasteiger partial charge < -0.3 is 26.4 Å². The number of nitrogen functional groups attached to an aromatic ring is 1. The highest BCUT2D eigenvalue weighted by Gasteiger charge is 2.32. The Morgan fingerprint density at radius 1 is 0.978 bits per heavy atom. The lowest BCUT2D eigenvalue weighted by Crippen LogP contribution is -2.55. The van der Waals surface area contributed by atoms with Crippen LogP contribution in [0.1, 0.15) is 50.3 Å². The van der Waals surface area contributed by atoms with Crippen LogP contribution in [0.5, 0.6) is 0 Å². The third kappa shape index (κ3) is 9.37. The van der Waals surface area contributed by atoms with Gasteiger partial charge >= 0.3 is 6.03 Å². The Kier molecular flexibility index (Phi) is 10.6. The predicted molar refractivity (Wildman–Crippen MR) is 174 cm³/mol. The molecular formula is C33H42N6O5S. The van der Waals surface area contributed by atoms with Crippen molar-refractivity contribution in [3.05, 3.63) is 89.5 Å². The monoisotopic (exact) mass is 634 g/mol. The molecule has 0 aliphatic carbocycles. The van der Waals surface area contributed by atoms with Gasteiger partial charge in [0.05, 0.1) is 11.5 Å². The summed E-state index contributed by atoms with van der Waals surface area (Å²) < 4.78 is 30.2. The first-order chi connectivity index (χ1) is 21.2. The first-order valence-electron chi connectivity index (χ1n) is 14.9. The van der Waals surface area contributed by atoms with E-state index in [0.717, 1.165) is 5.56 Å². The number of carbonyl (C=O) groups excluding carboxylic acids is 2. The van der Waals surface area contributed by atoms with E-state index in [1.54, 1.807) is 59.5 Å². The number of likely N-dealkylation sites (tertiary alicyclic amines) is 1. The molecule has 0 saturated carbocycles. The lowest BCUT2D eigenvalue weighted by atomic mass is 10.0. The van der Waals surface area contributed by atoms with Gasteiger partial charge in [-0.3, -0.25) is 10.2 Å². The summed E-state index contributed by atoms with van der Waals surface area (Å²) in [5.41, 5.74) is 8.51. The molecule has 1 fully saturated rings. The van der Waals surface area contributed by atoms with E-state index in [-0.39, 0.29) is 47.3 Å². The molecule has 1 aliphatic rings. The number of hydrogen-bond donors (Lipinski definition) is 6. The normalized spacial score (nSPS) is 14.9.